The van der Waals surface area contributed by atoms with Crippen LogP contribution in [0.5, 0.6) is 5.75 Å². The first kappa shape index (κ1) is 15.3. The van der Waals surface area contributed by atoms with Crippen LogP contribution >= 0.6 is 0 Å². The van der Waals surface area contributed by atoms with Gasteiger partial charge in [0.1, 0.15) is 11.4 Å². The van der Waals surface area contributed by atoms with Gasteiger partial charge in [0.15, 0.2) is 6.79 Å². The highest BCUT2D eigenvalue weighted by molar-refractivity contribution is 5.67. The third-order valence-electron chi connectivity index (χ3n) is 2.08. The summed E-state index contributed by atoms with van der Waals surface area (Å²) in [4.78, 5) is 11.5. The van der Waals surface area contributed by atoms with Crippen LogP contribution in [0.15, 0.2) is 24.3 Å². The number of nitrogens with one attached hydrogen (secondary N) is 1. The molecule has 0 radical (unpaired) electrons. The summed E-state index contributed by atoms with van der Waals surface area (Å²) >= 11 is 0. The van der Waals surface area contributed by atoms with Crippen molar-refractivity contribution in [1.82, 2.24) is 5.32 Å². The number of hydrogen-bond acceptors (Lipinski definition) is 4. The monoisotopic (exact) mass is 267 g/mol. The Balaban J connectivity index is 2.46. The molecule has 0 saturated carbocycles. The molecule has 106 valence electrons. The van der Waals surface area contributed by atoms with Crippen LogP contribution in [0.3, 0.4) is 0 Å². The smallest absolute Gasteiger partial charge is 0.407 e. The zero-order valence-electron chi connectivity index (χ0n) is 11.9. The molecule has 5 heteroatoms. The maximum atomic E-state index is 11.5. The van der Waals surface area contributed by atoms with E-state index in [2.05, 4.69) is 5.32 Å². The number of benzene rings is 1. The van der Waals surface area contributed by atoms with Crippen LogP contribution in [-0.2, 0) is 16.0 Å². The van der Waals surface area contributed by atoms with Crippen LogP contribution in [0.4, 0.5) is 4.79 Å². The molecule has 19 heavy (non-hydrogen) atoms. The fraction of sp³-hybridized carbons (Fsp3) is 0.500. The summed E-state index contributed by atoms with van der Waals surface area (Å²) in [5, 5.41) is 2.69. The average Bonchev–Trinajstić information content (AvgIpc) is 2.32. The van der Waals surface area contributed by atoms with Crippen molar-refractivity contribution in [3.8, 4) is 5.75 Å². The summed E-state index contributed by atoms with van der Waals surface area (Å²) in [7, 11) is 1.56. The van der Waals surface area contributed by atoms with Gasteiger partial charge in [-0.1, -0.05) is 12.1 Å². The first-order valence-electron chi connectivity index (χ1n) is 6.08. The zero-order chi connectivity index (χ0) is 14.3. The van der Waals surface area contributed by atoms with Crippen molar-refractivity contribution < 1.29 is 19.0 Å². The minimum Gasteiger partial charge on any atom is -0.468 e. The number of alkyl carbamates (subject to hydrolysis) is 1. The Morgan fingerprint density at radius 2 is 2.05 bits per heavy atom. The standard InChI is InChI=1S/C14H21NO4/c1-14(2,3)19-13(16)15-9-11-6-5-7-12(8-11)18-10-17-4/h5-8H,9-10H2,1-4H3,(H,15,16). The maximum absolute atomic E-state index is 11.5. The molecule has 0 saturated heterocycles. The van der Waals surface area contributed by atoms with E-state index in [1.807, 2.05) is 45.0 Å². The van der Waals surface area contributed by atoms with Gasteiger partial charge in [-0.15, -0.1) is 0 Å². The normalized spacial score (nSPS) is 10.9. The van der Waals surface area contributed by atoms with E-state index >= 15 is 0 Å². The maximum Gasteiger partial charge on any atom is 0.407 e. The van der Waals surface area contributed by atoms with Gasteiger partial charge in [0.05, 0.1) is 0 Å². The van der Waals surface area contributed by atoms with Crippen molar-refractivity contribution in [3.63, 3.8) is 0 Å². The van der Waals surface area contributed by atoms with Gasteiger partial charge in [-0.3, -0.25) is 0 Å². The highest BCUT2D eigenvalue weighted by Crippen LogP contribution is 2.13. The van der Waals surface area contributed by atoms with Crippen LogP contribution in [0.25, 0.3) is 0 Å². The number of methoxy groups -OCH3 is 1. The van der Waals surface area contributed by atoms with Crippen molar-refractivity contribution in [1.29, 1.82) is 0 Å². The minimum absolute atomic E-state index is 0.197. The molecule has 1 aromatic rings. The SMILES string of the molecule is COCOc1cccc(CNC(=O)OC(C)(C)C)c1. The average molecular weight is 267 g/mol. The van der Waals surface area contributed by atoms with Crippen LogP contribution in [-0.4, -0.2) is 25.6 Å². The molecule has 1 aromatic carbocycles. The molecule has 0 bridgehead atoms. The van der Waals surface area contributed by atoms with E-state index in [0.29, 0.717) is 12.3 Å². The molecule has 0 atom stereocenters. The van der Waals surface area contributed by atoms with Crippen molar-refractivity contribution in [2.75, 3.05) is 13.9 Å². The van der Waals surface area contributed by atoms with Crippen LogP contribution in [0.1, 0.15) is 26.3 Å². The fourth-order valence-corrected chi connectivity index (χ4v) is 1.36. The predicted molar refractivity (Wildman–Crippen MR) is 72.0 cm³/mol. The molecular formula is C14H21NO4. The molecule has 0 heterocycles. The highest BCUT2D eigenvalue weighted by atomic mass is 16.7. The van der Waals surface area contributed by atoms with E-state index in [0.717, 1.165) is 5.56 Å². The van der Waals surface area contributed by atoms with E-state index in [-0.39, 0.29) is 6.79 Å². The first-order chi connectivity index (χ1) is 8.90. The van der Waals surface area contributed by atoms with Crippen molar-refractivity contribution in [2.24, 2.45) is 0 Å². The molecule has 0 unspecified atom stereocenters. The summed E-state index contributed by atoms with van der Waals surface area (Å²) in [5.74, 6) is 0.699. The number of carbonyl (C=O) groups excluding carboxylic acids is 1. The fourth-order valence-electron chi connectivity index (χ4n) is 1.36. The van der Waals surface area contributed by atoms with Crippen molar-refractivity contribution in [2.45, 2.75) is 32.9 Å². The summed E-state index contributed by atoms with van der Waals surface area (Å²) in [6.07, 6.45) is -0.435. The lowest BCUT2D eigenvalue weighted by Crippen LogP contribution is -2.32. The number of ether oxygens (including phenoxy) is 3. The number of hydrogen-bond donors (Lipinski definition) is 1. The van der Waals surface area contributed by atoms with Gasteiger partial charge < -0.3 is 19.5 Å². The van der Waals surface area contributed by atoms with Gasteiger partial charge in [0, 0.05) is 13.7 Å². The molecule has 1 amide bonds. The molecule has 0 aromatic heterocycles. The molecule has 1 N–H and O–H groups in total. The number of carbonyl (C=O) groups is 1. The lowest BCUT2D eigenvalue weighted by atomic mass is 10.2. The second kappa shape index (κ2) is 6.99. The number of amides is 1. The number of rotatable bonds is 5. The summed E-state index contributed by atoms with van der Waals surface area (Å²) in [6, 6.07) is 7.43. The summed E-state index contributed by atoms with van der Waals surface area (Å²) in [5.41, 5.74) is 0.438. The molecule has 0 aliphatic heterocycles. The Hall–Kier alpha value is -1.75. The Kier molecular flexibility index (Phi) is 5.63. The van der Waals surface area contributed by atoms with Gasteiger partial charge in [-0.25, -0.2) is 4.79 Å². The van der Waals surface area contributed by atoms with E-state index < -0.39 is 11.7 Å². The van der Waals surface area contributed by atoms with Gasteiger partial charge in [0.2, 0.25) is 0 Å². The lowest BCUT2D eigenvalue weighted by Gasteiger charge is -2.19. The molecule has 1 rings (SSSR count). The summed E-state index contributed by atoms with van der Waals surface area (Å²) in [6.45, 7) is 6.06. The third-order valence-corrected chi connectivity index (χ3v) is 2.08. The third kappa shape index (κ3) is 6.67. The van der Waals surface area contributed by atoms with Crippen LogP contribution in [0, 0.1) is 0 Å². The topological polar surface area (TPSA) is 56.8 Å². The van der Waals surface area contributed by atoms with Crippen LogP contribution < -0.4 is 10.1 Å². The van der Waals surface area contributed by atoms with Crippen LogP contribution in [0.2, 0.25) is 0 Å². The summed E-state index contributed by atoms with van der Waals surface area (Å²) < 4.78 is 15.3. The van der Waals surface area contributed by atoms with Crippen molar-refractivity contribution in [3.05, 3.63) is 29.8 Å². The van der Waals surface area contributed by atoms with Gasteiger partial charge in [-0.2, -0.15) is 0 Å². The Labute approximate surface area is 113 Å². The molecule has 0 aliphatic carbocycles. The largest absolute Gasteiger partial charge is 0.468 e. The Bertz CT molecular complexity index is 412. The van der Waals surface area contributed by atoms with Gasteiger partial charge in [-0.05, 0) is 38.5 Å². The molecule has 5 nitrogen and oxygen atoms in total. The molecule has 0 aliphatic rings. The first-order valence-corrected chi connectivity index (χ1v) is 6.08. The Morgan fingerprint density at radius 1 is 1.32 bits per heavy atom. The second-order valence-electron chi connectivity index (χ2n) is 5.05. The van der Waals surface area contributed by atoms with E-state index in [9.17, 15) is 4.79 Å². The van der Waals surface area contributed by atoms with E-state index in [4.69, 9.17) is 14.2 Å². The van der Waals surface area contributed by atoms with Gasteiger partial charge >= 0.3 is 6.09 Å². The van der Waals surface area contributed by atoms with Gasteiger partial charge in [0.25, 0.3) is 0 Å². The molecular weight excluding hydrogens is 246 g/mol. The Morgan fingerprint density at radius 3 is 2.68 bits per heavy atom. The lowest BCUT2D eigenvalue weighted by molar-refractivity contribution is 0.0504. The van der Waals surface area contributed by atoms with Crippen molar-refractivity contribution >= 4 is 6.09 Å². The highest BCUT2D eigenvalue weighted by Gasteiger charge is 2.15. The quantitative estimate of drug-likeness (QED) is 0.833. The minimum atomic E-state index is -0.493. The molecule has 0 fully saturated rings. The molecule has 0 spiro atoms. The van der Waals surface area contributed by atoms with E-state index in [1.54, 1.807) is 7.11 Å². The second-order valence-corrected chi connectivity index (χ2v) is 5.05. The predicted octanol–water partition coefficient (Wildman–Crippen LogP) is 2.69. The zero-order valence-corrected chi connectivity index (χ0v) is 11.9. The van der Waals surface area contributed by atoms with E-state index in [1.165, 1.54) is 0 Å².